The summed E-state index contributed by atoms with van der Waals surface area (Å²) in [5.74, 6) is 0.560. The maximum absolute atomic E-state index is 12.3. The number of piperidine rings is 1. The van der Waals surface area contributed by atoms with Gasteiger partial charge in [0, 0.05) is 17.0 Å². The van der Waals surface area contributed by atoms with Crippen LogP contribution in [0.15, 0.2) is 29.2 Å². The number of hydrogen-bond acceptors (Lipinski definition) is 3. The van der Waals surface area contributed by atoms with E-state index in [0.717, 1.165) is 32.0 Å². The van der Waals surface area contributed by atoms with Crippen molar-refractivity contribution in [2.75, 3.05) is 26.2 Å². The summed E-state index contributed by atoms with van der Waals surface area (Å²) in [4.78, 5) is 14.5. The third-order valence-corrected chi connectivity index (χ3v) is 4.90. The zero-order valence-corrected chi connectivity index (χ0v) is 14.6. The molecule has 0 radical (unpaired) electrons. The third kappa shape index (κ3) is 6.73. The molecule has 24 heavy (non-hydrogen) atoms. The molecule has 1 aliphatic heterocycles. The van der Waals surface area contributed by atoms with Crippen LogP contribution in [0, 0.1) is 5.92 Å². The number of carbonyl (C=O) groups excluding carboxylic acids is 1. The van der Waals surface area contributed by atoms with Gasteiger partial charge in [0.05, 0.1) is 0 Å². The summed E-state index contributed by atoms with van der Waals surface area (Å²) in [5, 5.41) is 2.82. The minimum absolute atomic E-state index is 0.0818. The molecule has 1 aromatic carbocycles. The van der Waals surface area contributed by atoms with Crippen LogP contribution in [-0.2, 0) is 0 Å². The number of alkyl halides is 3. The fraction of sp³-hybridized carbons (Fsp3) is 0.588. The van der Waals surface area contributed by atoms with E-state index in [4.69, 9.17) is 0 Å². The summed E-state index contributed by atoms with van der Waals surface area (Å²) in [5.41, 5.74) is -3.93. The summed E-state index contributed by atoms with van der Waals surface area (Å²) in [6.45, 7) is 6.05. The fourth-order valence-electron chi connectivity index (χ4n) is 2.70. The van der Waals surface area contributed by atoms with Crippen molar-refractivity contribution in [2.45, 2.75) is 36.6 Å². The average molecular weight is 360 g/mol. The Morgan fingerprint density at radius 1 is 1.25 bits per heavy atom. The van der Waals surface area contributed by atoms with Crippen molar-refractivity contribution in [1.82, 2.24) is 10.2 Å². The SMILES string of the molecule is CC1CCN(CCCNC(=O)c2ccc(SC(F)(F)F)cc2)CC1. The Kier molecular flexibility index (Phi) is 6.98. The first-order valence-corrected chi connectivity index (χ1v) is 9.01. The zero-order valence-electron chi connectivity index (χ0n) is 13.7. The molecule has 0 unspecified atom stereocenters. The van der Waals surface area contributed by atoms with Crippen LogP contribution in [0.4, 0.5) is 13.2 Å². The quantitative estimate of drug-likeness (QED) is 0.611. The Balaban J connectivity index is 1.68. The maximum Gasteiger partial charge on any atom is 0.446 e. The van der Waals surface area contributed by atoms with Crippen molar-refractivity contribution in [1.29, 1.82) is 0 Å². The Labute approximate surface area is 145 Å². The molecule has 1 fully saturated rings. The molecule has 1 aromatic rings. The smallest absolute Gasteiger partial charge is 0.352 e. The molecule has 0 atom stereocenters. The fourth-order valence-corrected chi connectivity index (χ4v) is 3.24. The highest BCUT2D eigenvalue weighted by atomic mass is 32.2. The zero-order chi connectivity index (χ0) is 17.6. The van der Waals surface area contributed by atoms with E-state index in [1.54, 1.807) is 0 Å². The second kappa shape index (κ2) is 8.76. The lowest BCUT2D eigenvalue weighted by atomic mass is 9.99. The van der Waals surface area contributed by atoms with Crippen LogP contribution in [0.5, 0.6) is 0 Å². The van der Waals surface area contributed by atoms with E-state index in [1.165, 1.54) is 37.1 Å². The minimum Gasteiger partial charge on any atom is -0.352 e. The lowest BCUT2D eigenvalue weighted by Gasteiger charge is -2.30. The number of rotatable bonds is 6. The summed E-state index contributed by atoms with van der Waals surface area (Å²) in [7, 11) is 0. The molecule has 1 saturated heterocycles. The molecule has 7 heteroatoms. The van der Waals surface area contributed by atoms with Gasteiger partial charge in [-0.25, -0.2) is 0 Å². The number of benzene rings is 1. The number of nitrogens with zero attached hydrogens (tertiary/aromatic N) is 1. The lowest BCUT2D eigenvalue weighted by Crippen LogP contribution is -2.35. The van der Waals surface area contributed by atoms with Crippen molar-refractivity contribution in [3.63, 3.8) is 0 Å². The molecule has 0 aromatic heterocycles. The predicted molar refractivity (Wildman–Crippen MR) is 90.1 cm³/mol. The Morgan fingerprint density at radius 3 is 2.46 bits per heavy atom. The highest BCUT2D eigenvalue weighted by Gasteiger charge is 2.29. The van der Waals surface area contributed by atoms with Crippen LogP contribution >= 0.6 is 11.8 Å². The predicted octanol–water partition coefficient (Wildman–Crippen LogP) is 4.15. The van der Waals surface area contributed by atoms with Crippen molar-refractivity contribution in [2.24, 2.45) is 5.92 Å². The van der Waals surface area contributed by atoms with E-state index in [-0.39, 0.29) is 22.6 Å². The van der Waals surface area contributed by atoms with Gasteiger partial charge >= 0.3 is 5.51 Å². The number of likely N-dealkylation sites (tertiary alicyclic amines) is 1. The van der Waals surface area contributed by atoms with Gasteiger partial charge in [-0.3, -0.25) is 4.79 Å². The molecule has 3 nitrogen and oxygen atoms in total. The van der Waals surface area contributed by atoms with Crippen molar-refractivity contribution >= 4 is 17.7 Å². The number of nitrogens with one attached hydrogen (secondary N) is 1. The van der Waals surface area contributed by atoms with Gasteiger partial charge in [-0.2, -0.15) is 13.2 Å². The number of amides is 1. The van der Waals surface area contributed by atoms with Gasteiger partial charge in [0.2, 0.25) is 0 Å². The van der Waals surface area contributed by atoms with Crippen LogP contribution in [0.25, 0.3) is 0 Å². The summed E-state index contributed by atoms with van der Waals surface area (Å²) in [6, 6.07) is 5.49. The maximum atomic E-state index is 12.3. The molecular formula is C17H23F3N2OS. The first-order valence-electron chi connectivity index (χ1n) is 8.20. The normalized spacial score (nSPS) is 17.0. The number of hydrogen-bond donors (Lipinski definition) is 1. The van der Waals surface area contributed by atoms with E-state index in [1.807, 2.05) is 0 Å². The van der Waals surface area contributed by atoms with Gasteiger partial charge in [-0.1, -0.05) is 6.92 Å². The minimum atomic E-state index is -4.31. The van der Waals surface area contributed by atoms with Gasteiger partial charge in [0.15, 0.2) is 0 Å². The molecule has 1 N–H and O–H groups in total. The molecular weight excluding hydrogens is 337 g/mol. The van der Waals surface area contributed by atoms with Crippen LogP contribution in [0.2, 0.25) is 0 Å². The van der Waals surface area contributed by atoms with E-state index in [2.05, 4.69) is 17.1 Å². The van der Waals surface area contributed by atoms with E-state index in [0.29, 0.717) is 12.1 Å². The van der Waals surface area contributed by atoms with Crippen LogP contribution in [0.1, 0.15) is 36.5 Å². The van der Waals surface area contributed by atoms with Gasteiger partial charge < -0.3 is 10.2 Å². The summed E-state index contributed by atoms with van der Waals surface area (Å²) in [6.07, 6.45) is 3.34. The molecule has 1 aliphatic rings. The molecule has 0 aliphatic carbocycles. The second-order valence-corrected chi connectivity index (χ2v) is 7.34. The van der Waals surface area contributed by atoms with Crippen molar-refractivity contribution in [3.05, 3.63) is 29.8 Å². The lowest BCUT2D eigenvalue weighted by molar-refractivity contribution is -0.0328. The standard InChI is InChI=1S/C17H23F3N2OS/c1-13-7-11-22(12-8-13)10-2-9-21-16(23)14-3-5-15(6-4-14)24-17(18,19)20/h3-6,13H,2,7-12H2,1H3,(H,21,23). The molecule has 0 saturated carbocycles. The molecule has 2 rings (SSSR count). The Morgan fingerprint density at radius 2 is 1.88 bits per heavy atom. The average Bonchev–Trinajstić information content (AvgIpc) is 2.52. The molecule has 1 amide bonds. The van der Waals surface area contributed by atoms with Gasteiger partial charge in [-0.05, 0) is 80.8 Å². The Bertz CT molecular complexity index is 526. The first-order chi connectivity index (χ1) is 11.3. The van der Waals surface area contributed by atoms with E-state index in [9.17, 15) is 18.0 Å². The first kappa shape index (κ1) is 19.1. The highest BCUT2D eigenvalue weighted by Crippen LogP contribution is 2.36. The number of carbonyl (C=O) groups is 1. The third-order valence-electron chi connectivity index (χ3n) is 4.16. The second-order valence-electron chi connectivity index (χ2n) is 6.21. The number of thioether (sulfide) groups is 1. The topological polar surface area (TPSA) is 32.3 Å². The monoisotopic (exact) mass is 360 g/mol. The van der Waals surface area contributed by atoms with Crippen LogP contribution < -0.4 is 5.32 Å². The molecule has 134 valence electrons. The van der Waals surface area contributed by atoms with E-state index < -0.39 is 5.51 Å². The largest absolute Gasteiger partial charge is 0.446 e. The van der Waals surface area contributed by atoms with E-state index >= 15 is 0 Å². The van der Waals surface area contributed by atoms with Crippen LogP contribution in [-0.4, -0.2) is 42.5 Å². The van der Waals surface area contributed by atoms with Gasteiger partial charge in [0.25, 0.3) is 5.91 Å². The summed E-state index contributed by atoms with van der Waals surface area (Å²) >= 11 is -0.179. The molecule has 0 bridgehead atoms. The summed E-state index contributed by atoms with van der Waals surface area (Å²) < 4.78 is 36.8. The molecule has 0 spiro atoms. The van der Waals surface area contributed by atoms with Crippen molar-refractivity contribution < 1.29 is 18.0 Å². The van der Waals surface area contributed by atoms with Gasteiger partial charge in [-0.15, -0.1) is 0 Å². The Hall–Kier alpha value is -1.21. The van der Waals surface area contributed by atoms with Gasteiger partial charge in [0.1, 0.15) is 0 Å². The highest BCUT2D eigenvalue weighted by molar-refractivity contribution is 8.00. The van der Waals surface area contributed by atoms with Crippen molar-refractivity contribution in [3.8, 4) is 0 Å². The molecule has 1 heterocycles. The number of halogens is 3. The van der Waals surface area contributed by atoms with Crippen LogP contribution in [0.3, 0.4) is 0 Å².